The Bertz CT molecular complexity index is 2090. The van der Waals surface area contributed by atoms with Gasteiger partial charge < -0.3 is 10.1 Å². The van der Waals surface area contributed by atoms with Crippen molar-refractivity contribution in [2.24, 2.45) is 0 Å². The third-order valence-electron chi connectivity index (χ3n) is 7.14. The molecule has 1 aromatic heterocycles. The van der Waals surface area contributed by atoms with Crippen molar-refractivity contribution in [3.05, 3.63) is 109 Å². The Morgan fingerprint density at radius 2 is 1.71 bits per heavy atom. The van der Waals surface area contributed by atoms with Crippen molar-refractivity contribution in [2.45, 2.75) is 24.2 Å². The van der Waals surface area contributed by atoms with Gasteiger partial charge in [0, 0.05) is 18.8 Å². The van der Waals surface area contributed by atoms with Crippen LogP contribution in [0.2, 0.25) is 0 Å². The molecular formula is C32H27FN4O6S2. The molecule has 3 aromatic carbocycles. The summed E-state index contributed by atoms with van der Waals surface area (Å²) in [6.07, 6.45) is 4.04. The highest BCUT2D eigenvalue weighted by molar-refractivity contribution is 7.89. The highest BCUT2D eigenvalue weighted by Gasteiger charge is 2.26. The molecule has 5 rings (SSSR count). The number of benzene rings is 3. The highest BCUT2D eigenvalue weighted by atomic mass is 32.2. The zero-order chi connectivity index (χ0) is 32.1. The molecule has 0 aliphatic carbocycles. The van der Waals surface area contributed by atoms with Crippen LogP contribution in [0.25, 0.3) is 17.3 Å². The summed E-state index contributed by atoms with van der Waals surface area (Å²) < 4.78 is 47.5. The fourth-order valence-corrected chi connectivity index (χ4v) is 7.50. The molecule has 1 aliphatic heterocycles. The van der Waals surface area contributed by atoms with Gasteiger partial charge in [-0.05, 0) is 79.1 Å². The van der Waals surface area contributed by atoms with Gasteiger partial charge in [-0.1, -0.05) is 24.6 Å². The third kappa shape index (κ3) is 6.78. The van der Waals surface area contributed by atoms with Crippen molar-refractivity contribution in [3.63, 3.8) is 0 Å². The number of nitrogens with one attached hydrogen (secondary N) is 1. The molecule has 0 spiro atoms. The minimum absolute atomic E-state index is 0.00940. The largest absolute Gasteiger partial charge is 0.465 e. The Morgan fingerprint density at radius 3 is 2.36 bits per heavy atom. The van der Waals surface area contributed by atoms with Crippen molar-refractivity contribution in [2.75, 3.05) is 25.5 Å². The van der Waals surface area contributed by atoms with E-state index in [1.807, 2.05) is 6.07 Å². The Balaban J connectivity index is 1.58. The number of hydrogen-bond acceptors (Lipinski definition) is 8. The van der Waals surface area contributed by atoms with E-state index >= 15 is 0 Å². The first-order valence-electron chi connectivity index (χ1n) is 13.9. The normalized spacial score (nSPS) is 14.8. The molecule has 4 aromatic rings. The minimum atomic E-state index is -3.78. The summed E-state index contributed by atoms with van der Waals surface area (Å²) in [4.78, 5) is 39.0. The van der Waals surface area contributed by atoms with Crippen molar-refractivity contribution in [1.82, 2.24) is 8.87 Å². The molecule has 1 aliphatic rings. The SMILES string of the molecule is COC(=O)c1ccc(/C=c2/s/c(=C(\C#N)C(=O)Nc3cccc(S(=O)(=O)N4CCCCC4)c3)n(-c3ccc(F)cc3)c2=O)cc1. The predicted octanol–water partition coefficient (Wildman–Crippen LogP) is 3.14. The number of ether oxygens (including phenoxy) is 1. The Morgan fingerprint density at radius 1 is 1.02 bits per heavy atom. The van der Waals surface area contributed by atoms with Gasteiger partial charge in [0.15, 0.2) is 5.57 Å². The van der Waals surface area contributed by atoms with Crippen LogP contribution in [0.1, 0.15) is 35.2 Å². The lowest BCUT2D eigenvalue weighted by atomic mass is 10.1. The lowest BCUT2D eigenvalue weighted by molar-refractivity contribution is -0.111. The zero-order valence-corrected chi connectivity index (χ0v) is 25.7. The topological polar surface area (TPSA) is 139 Å². The van der Waals surface area contributed by atoms with Crippen LogP contribution in [0.4, 0.5) is 10.1 Å². The van der Waals surface area contributed by atoms with E-state index in [2.05, 4.69) is 5.32 Å². The zero-order valence-electron chi connectivity index (χ0n) is 24.0. The van der Waals surface area contributed by atoms with Crippen LogP contribution in [0.3, 0.4) is 0 Å². The summed E-state index contributed by atoms with van der Waals surface area (Å²) in [5, 5.41) is 12.7. The monoisotopic (exact) mass is 646 g/mol. The van der Waals surface area contributed by atoms with Gasteiger partial charge in [-0.15, -0.1) is 11.3 Å². The smallest absolute Gasteiger partial charge is 0.337 e. The predicted molar refractivity (Wildman–Crippen MR) is 167 cm³/mol. The molecule has 1 fully saturated rings. The summed E-state index contributed by atoms with van der Waals surface area (Å²) in [5.74, 6) is -1.92. The molecule has 0 unspecified atom stereocenters. The van der Waals surface area contributed by atoms with E-state index < -0.39 is 38.8 Å². The van der Waals surface area contributed by atoms with Crippen molar-refractivity contribution in [1.29, 1.82) is 5.26 Å². The fraction of sp³-hybridized carbons (Fsp3) is 0.188. The van der Waals surface area contributed by atoms with Crippen LogP contribution in [0.15, 0.2) is 82.5 Å². The molecule has 1 amide bonds. The van der Waals surface area contributed by atoms with E-state index in [4.69, 9.17) is 4.74 Å². The average Bonchev–Trinajstić information content (AvgIpc) is 3.36. The number of amides is 1. The second kappa shape index (κ2) is 13.4. The molecule has 1 N–H and O–H groups in total. The molecule has 10 nitrogen and oxygen atoms in total. The summed E-state index contributed by atoms with van der Waals surface area (Å²) >= 11 is 0.879. The molecule has 0 radical (unpaired) electrons. The molecule has 45 heavy (non-hydrogen) atoms. The molecule has 2 heterocycles. The second-order valence-corrected chi connectivity index (χ2v) is 13.0. The first kappa shape index (κ1) is 31.5. The lowest BCUT2D eigenvalue weighted by Gasteiger charge is -2.26. The number of hydrogen-bond donors (Lipinski definition) is 1. The van der Waals surface area contributed by atoms with Gasteiger partial charge in [0.1, 0.15) is 16.5 Å². The quantitative estimate of drug-likeness (QED) is 0.305. The van der Waals surface area contributed by atoms with Crippen molar-refractivity contribution < 1.29 is 27.1 Å². The van der Waals surface area contributed by atoms with Gasteiger partial charge in [0.2, 0.25) is 10.0 Å². The van der Waals surface area contributed by atoms with Gasteiger partial charge in [0.25, 0.3) is 11.5 Å². The number of carbonyl (C=O) groups excluding carboxylic acids is 2. The number of sulfonamides is 1. The van der Waals surface area contributed by atoms with Gasteiger partial charge in [0.05, 0.1) is 27.8 Å². The number of nitrogens with zero attached hydrogens (tertiary/aromatic N) is 3. The third-order valence-corrected chi connectivity index (χ3v) is 10.1. The number of carbonyl (C=O) groups is 2. The maximum absolute atomic E-state index is 13.8. The van der Waals surface area contributed by atoms with E-state index in [-0.39, 0.29) is 25.5 Å². The first-order chi connectivity index (χ1) is 21.6. The Kier molecular flexibility index (Phi) is 9.38. The van der Waals surface area contributed by atoms with Crippen LogP contribution in [-0.2, 0) is 19.6 Å². The number of thiazole rings is 1. The number of halogens is 1. The first-order valence-corrected chi connectivity index (χ1v) is 16.1. The van der Waals surface area contributed by atoms with Crippen LogP contribution in [0, 0.1) is 17.1 Å². The van der Waals surface area contributed by atoms with Gasteiger partial charge >= 0.3 is 5.97 Å². The van der Waals surface area contributed by atoms with Crippen LogP contribution in [-0.4, -0.2) is 49.4 Å². The molecule has 0 saturated carbocycles. The van der Waals surface area contributed by atoms with E-state index in [1.165, 1.54) is 59.9 Å². The van der Waals surface area contributed by atoms with Crippen LogP contribution >= 0.6 is 11.3 Å². The lowest BCUT2D eigenvalue weighted by Crippen LogP contribution is -2.35. The number of rotatable bonds is 7. The number of aromatic nitrogens is 1. The molecule has 0 bridgehead atoms. The maximum atomic E-state index is 13.8. The van der Waals surface area contributed by atoms with Crippen LogP contribution < -0.4 is 20.1 Å². The van der Waals surface area contributed by atoms with Crippen molar-refractivity contribution in [3.8, 4) is 11.8 Å². The van der Waals surface area contributed by atoms with Crippen molar-refractivity contribution >= 4 is 50.6 Å². The Hall–Kier alpha value is -4.90. The molecule has 13 heteroatoms. The number of piperidine rings is 1. The van der Waals surface area contributed by atoms with E-state index in [0.29, 0.717) is 24.2 Å². The van der Waals surface area contributed by atoms with E-state index in [0.717, 1.165) is 47.3 Å². The van der Waals surface area contributed by atoms with Gasteiger partial charge in [-0.3, -0.25) is 14.2 Å². The number of esters is 1. The summed E-state index contributed by atoms with van der Waals surface area (Å²) in [5.41, 5.74) is 0.280. The van der Waals surface area contributed by atoms with Gasteiger partial charge in [-0.25, -0.2) is 17.6 Å². The van der Waals surface area contributed by atoms with Gasteiger partial charge in [-0.2, -0.15) is 9.57 Å². The van der Waals surface area contributed by atoms with E-state index in [9.17, 15) is 32.5 Å². The highest BCUT2D eigenvalue weighted by Crippen LogP contribution is 2.23. The molecular weight excluding hydrogens is 620 g/mol. The number of nitriles is 1. The second-order valence-electron chi connectivity index (χ2n) is 10.1. The Labute approximate surface area is 262 Å². The molecule has 1 saturated heterocycles. The minimum Gasteiger partial charge on any atom is -0.465 e. The fourth-order valence-electron chi connectivity index (χ4n) is 4.84. The molecule has 0 atom stereocenters. The van der Waals surface area contributed by atoms with E-state index in [1.54, 1.807) is 18.2 Å². The summed E-state index contributed by atoms with van der Waals surface area (Å²) in [6, 6.07) is 18.9. The average molecular weight is 647 g/mol. The summed E-state index contributed by atoms with van der Waals surface area (Å²) in [6.45, 7) is 0.832. The summed E-state index contributed by atoms with van der Waals surface area (Å²) in [7, 11) is -2.51. The molecule has 230 valence electrons. The maximum Gasteiger partial charge on any atom is 0.337 e. The van der Waals surface area contributed by atoms with Crippen LogP contribution in [0.5, 0.6) is 0 Å². The number of anilines is 1. The number of methoxy groups -OCH3 is 1. The standard InChI is InChI=1S/C32H27FN4O6S2/c1-43-32(40)22-10-8-21(9-11-22)18-28-30(39)37(25-14-12-23(33)13-15-25)31(44-28)27(20-34)29(38)35-24-6-5-7-26(19-24)45(41,42)36-16-3-2-4-17-36/h5-15,18-19H,2-4,16-17H2,1H3,(H,35,38)/b28-18+,31-27+.